The van der Waals surface area contributed by atoms with E-state index in [-0.39, 0.29) is 36.0 Å². The normalized spacial score (nSPS) is 11.9. The lowest BCUT2D eigenvalue weighted by Gasteiger charge is -2.14. The van der Waals surface area contributed by atoms with Gasteiger partial charge in [-0.2, -0.15) is 0 Å². The van der Waals surface area contributed by atoms with Crippen molar-refractivity contribution in [2.75, 3.05) is 25.6 Å². The van der Waals surface area contributed by atoms with Crippen LogP contribution in [-0.4, -0.2) is 58.4 Å². The average molecular weight is 456 g/mol. The summed E-state index contributed by atoms with van der Waals surface area (Å²) in [4.78, 5) is 33.2. The molecule has 0 radical (unpaired) electrons. The van der Waals surface area contributed by atoms with Crippen LogP contribution in [-0.2, 0) is 16.0 Å². The maximum atomic E-state index is 13.2. The number of halogens is 1. The number of hydrogen-bond donors (Lipinski definition) is 4. The number of aromatic nitrogens is 2. The Morgan fingerprint density at radius 1 is 1.21 bits per heavy atom. The summed E-state index contributed by atoms with van der Waals surface area (Å²) in [7, 11) is 1.36. The molecular formula is C23H25FN4O5. The predicted octanol–water partition coefficient (Wildman–Crippen LogP) is 2.15. The summed E-state index contributed by atoms with van der Waals surface area (Å²) in [5, 5.41) is 25.8. The molecule has 1 atom stereocenters. The molecule has 1 unspecified atom stereocenters. The van der Waals surface area contributed by atoms with Crippen LogP contribution in [0.1, 0.15) is 35.0 Å². The number of pyridine rings is 2. The zero-order valence-electron chi connectivity index (χ0n) is 18.3. The summed E-state index contributed by atoms with van der Waals surface area (Å²) in [6.45, 7) is 1.50. The van der Waals surface area contributed by atoms with Gasteiger partial charge in [-0.05, 0) is 42.2 Å². The van der Waals surface area contributed by atoms with Gasteiger partial charge in [-0.25, -0.2) is 9.37 Å². The highest BCUT2D eigenvalue weighted by molar-refractivity contribution is 6.07. The molecule has 3 rings (SSSR count). The minimum Gasteiger partial charge on any atom is -0.504 e. The van der Waals surface area contributed by atoms with E-state index in [1.807, 2.05) is 0 Å². The van der Waals surface area contributed by atoms with Crippen LogP contribution in [0, 0.1) is 5.82 Å². The number of aliphatic hydroxyl groups is 1. The maximum absolute atomic E-state index is 13.2. The highest BCUT2D eigenvalue weighted by atomic mass is 19.1. The molecule has 1 aromatic carbocycles. The van der Waals surface area contributed by atoms with Gasteiger partial charge >= 0.3 is 0 Å². The zero-order valence-corrected chi connectivity index (χ0v) is 18.3. The number of fused-ring (bicyclic) bond motifs is 1. The molecule has 2 aromatic heterocycles. The molecule has 0 aliphatic carbocycles. The number of carbonyl (C=O) groups is 2. The lowest BCUT2D eigenvalue weighted by atomic mass is 10.0. The van der Waals surface area contributed by atoms with Crippen LogP contribution in [0.15, 0.2) is 36.5 Å². The molecule has 0 saturated heterocycles. The van der Waals surface area contributed by atoms with E-state index >= 15 is 0 Å². The topological polar surface area (TPSA) is 134 Å². The van der Waals surface area contributed by atoms with Gasteiger partial charge in [0.1, 0.15) is 23.8 Å². The Balaban J connectivity index is 2.02. The Bertz CT molecular complexity index is 1150. The molecule has 0 aliphatic heterocycles. The largest absolute Gasteiger partial charge is 0.504 e. The lowest BCUT2D eigenvalue weighted by molar-refractivity contribution is -0.119. The first-order valence-electron chi connectivity index (χ1n) is 10.3. The summed E-state index contributed by atoms with van der Waals surface area (Å²) < 4.78 is 18.0. The Morgan fingerprint density at radius 3 is 2.61 bits per heavy atom. The molecule has 2 heterocycles. The van der Waals surface area contributed by atoms with E-state index in [0.717, 1.165) is 11.1 Å². The number of ether oxygens (including phenoxy) is 1. The summed E-state index contributed by atoms with van der Waals surface area (Å²) >= 11 is 0. The van der Waals surface area contributed by atoms with Gasteiger partial charge in [-0.1, -0.05) is 19.1 Å². The number of nitrogens with one attached hydrogen (secondary N) is 2. The minimum absolute atomic E-state index is 0.0239. The first-order valence-corrected chi connectivity index (χ1v) is 10.3. The summed E-state index contributed by atoms with van der Waals surface area (Å²) in [6, 6.07) is 7.69. The van der Waals surface area contributed by atoms with Crippen molar-refractivity contribution >= 4 is 28.5 Å². The molecule has 0 spiro atoms. The molecule has 174 valence electrons. The third-order valence-corrected chi connectivity index (χ3v) is 4.91. The first kappa shape index (κ1) is 24.0. The highest BCUT2D eigenvalue weighted by Crippen LogP contribution is 2.32. The number of aromatic hydroxyl groups is 1. The number of carbonyl (C=O) groups excluding carboxylic acids is 2. The Labute approximate surface area is 189 Å². The van der Waals surface area contributed by atoms with E-state index in [2.05, 4.69) is 20.6 Å². The van der Waals surface area contributed by atoms with Gasteiger partial charge in [-0.15, -0.1) is 0 Å². The van der Waals surface area contributed by atoms with Crippen LogP contribution in [0.25, 0.3) is 10.9 Å². The highest BCUT2D eigenvalue weighted by Gasteiger charge is 2.22. The Morgan fingerprint density at radius 2 is 1.94 bits per heavy atom. The van der Waals surface area contributed by atoms with Gasteiger partial charge in [0.2, 0.25) is 0 Å². The molecule has 3 aromatic rings. The standard InChI is InChI=1S/C23H25FN4O5/c1-3-16(29)11-26-23(32)20-21(31)19-17(22(28-20)27-18(30)12-33-2)9-14(10-25-19)8-13-4-6-15(24)7-5-13/h4-7,9-10,16,29,31H,3,8,11-12H2,1-2H3,(H,26,32)(H,27,28,30). The fourth-order valence-electron chi connectivity index (χ4n) is 3.14. The smallest absolute Gasteiger partial charge is 0.274 e. The quantitative estimate of drug-likeness (QED) is 0.388. The number of anilines is 1. The lowest BCUT2D eigenvalue weighted by Crippen LogP contribution is -2.32. The van der Waals surface area contributed by atoms with Crippen LogP contribution in [0.3, 0.4) is 0 Å². The van der Waals surface area contributed by atoms with E-state index in [0.29, 0.717) is 18.2 Å². The number of amides is 2. The SMILES string of the molecule is CCC(O)CNC(=O)c1nc(NC(=O)COC)c2cc(Cc3ccc(F)cc3)cnc2c1O. The summed E-state index contributed by atoms with van der Waals surface area (Å²) in [6.07, 6.45) is 1.64. The maximum Gasteiger partial charge on any atom is 0.274 e. The van der Waals surface area contributed by atoms with E-state index in [9.17, 15) is 24.2 Å². The molecule has 0 aliphatic rings. The van der Waals surface area contributed by atoms with Gasteiger partial charge in [-0.3, -0.25) is 14.6 Å². The van der Waals surface area contributed by atoms with Crippen molar-refractivity contribution in [2.45, 2.75) is 25.9 Å². The van der Waals surface area contributed by atoms with Crippen LogP contribution in [0.2, 0.25) is 0 Å². The van der Waals surface area contributed by atoms with Crippen molar-refractivity contribution in [3.8, 4) is 5.75 Å². The second-order valence-corrected chi connectivity index (χ2v) is 7.45. The van der Waals surface area contributed by atoms with Crippen LogP contribution >= 0.6 is 0 Å². The summed E-state index contributed by atoms with van der Waals surface area (Å²) in [5.41, 5.74) is 1.30. The molecule has 0 saturated carbocycles. The van der Waals surface area contributed by atoms with E-state index in [4.69, 9.17) is 4.74 Å². The average Bonchev–Trinajstić information content (AvgIpc) is 2.80. The van der Waals surface area contributed by atoms with Gasteiger partial charge in [0.05, 0.1) is 6.10 Å². The van der Waals surface area contributed by atoms with E-state index < -0.39 is 23.7 Å². The monoisotopic (exact) mass is 456 g/mol. The number of hydrogen-bond acceptors (Lipinski definition) is 7. The fraction of sp³-hybridized carbons (Fsp3) is 0.304. The fourth-order valence-corrected chi connectivity index (χ4v) is 3.14. The number of nitrogens with zero attached hydrogens (tertiary/aromatic N) is 2. The van der Waals surface area contributed by atoms with Gasteiger partial charge in [0.15, 0.2) is 11.4 Å². The molecule has 33 heavy (non-hydrogen) atoms. The number of benzene rings is 1. The minimum atomic E-state index is -0.746. The molecule has 9 nitrogen and oxygen atoms in total. The van der Waals surface area contributed by atoms with Crippen molar-refractivity contribution in [3.63, 3.8) is 0 Å². The molecule has 10 heteroatoms. The van der Waals surface area contributed by atoms with Crippen molar-refractivity contribution in [3.05, 3.63) is 59.2 Å². The van der Waals surface area contributed by atoms with E-state index in [1.165, 1.54) is 25.4 Å². The van der Waals surface area contributed by atoms with Crippen LogP contribution in [0.4, 0.5) is 10.2 Å². The third-order valence-electron chi connectivity index (χ3n) is 4.91. The third kappa shape index (κ3) is 5.99. The molecule has 0 bridgehead atoms. The number of rotatable bonds is 9. The second-order valence-electron chi connectivity index (χ2n) is 7.45. The van der Waals surface area contributed by atoms with Gasteiger partial charge < -0.3 is 25.6 Å². The van der Waals surface area contributed by atoms with Crippen LogP contribution < -0.4 is 10.6 Å². The van der Waals surface area contributed by atoms with Crippen molar-refractivity contribution in [2.24, 2.45) is 0 Å². The predicted molar refractivity (Wildman–Crippen MR) is 120 cm³/mol. The van der Waals surface area contributed by atoms with Gasteiger partial charge in [0, 0.05) is 25.2 Å². The summed E-state index contributed by atoms with van der Waals surface area (Å²) in [5.74, 6) is -1.99. The number of aliphatic hydroxyl groups excluding tert-OH is 1. The van der Waals surface area contributed by atoms with E-state index in [1.54, 1.807) is 25.1 Å². The van der Waals surface area contributed by atoms with Gasteiger partial charge in [0.25, 0.3) is 11.8 Å². The number of methoxy groups -OCH3 is 1. The van der Waals surface area contributed by atoms with Crippen LogP contribution in [0.5, 0.6) is 5.75 Å². The Kier molecular flexibility index (Phi) is 7.86. The second kappa shape index (κ2) is 10.8. The Hall–Kier alpha value is -3.63. The molecule has 0 fully saturated rings. The molecular weight excluding hydrogens is 431 g/mol. The molecule has 4 N–H and O–H groups in total. The van der Waals surface area contributed by atoms with Crippen molar-refractivity contribution in [1.82, 2.24) is 15.3 Å². The zero-order chi connectivity index (χ0) is 24.0. The van der Waals surface area contributed by atoms with Crippen molar-refractivity contribution in [1.29, 1.82) is 0 Å². The molecule has 2 amide bonds. The first-order chi connectivity index (χ1) is 15.8. The van der Waals surface area contributed by atoms with Crippen molar-refractivity contribution < 1.29 is 28.9 Å².